The number of benzene rings is 1. The summed E-state index contributed by atoms with van der Waals surface area (Å²) in [5, 5.41) is 2.81. The van der Waals surface area contributed by atoms with E-state index in [4.69, 9.17) is 9.47 Å². The lowest BCUT2D eigenvalue weighted by Crippen LogP contribution is -2.42. The third-order valence-electron chi connectivity index (χ3n) is 3.09. The second kappa shape index (κ2) is 6.54. The molecule has 0 saturated carbocycles. The van der Waals surface area contributed by atoms with Gasteiger partial charge in [-0.3, -0.25) is 4.79 Å². The molecular weight excluding hydrogens is 366 g/mol. The van der Waals surface area contributed by atoms with E-state index in [0.29, 0.717) is 17.7 Å². The van der Waals surface area contributed by atoms with E-state index in [0.717, 1.165) is 4.47 Å². The Kier molecular flexibility index (Phi) is 4.89. The van der Waals surface area contributed by atoms with Crippen LogP contribution >= 0.6 is 15.9 Å². The summed E-state index contributed by atoms with van der Waals surface area (Å²) < 4.78 is 10.8. The fourth-order valence-electron chi connectivity index (χ4n) is 2.00. The highest BCUT2D eigenvalue weighted by Gasteiger charge is 2.38. The lowest BCUT2D eigenvalue weighted by atomic mass is 10.1. The van der Waals surface area contributed by atoms with Crippen LogP contribution in [0.5, 0.6) is 0 Å². The summed E-state index contributed by atoms with van der Waals surface area (Å²) in [5.41, 5.74) is 0.675. The van der Waals surface area contributed by atoms with Gasteiger partial charge in [-0.05, 0) is 18.2 Å². The molecule has 0 unspecified atom stereocenters. The topological polar surface area (TPSA) is 81.7 Å². The number of esters is 2. The molecule has 1 aliphatic heterocycles. The molecule has 0 radical (unpaired) electrons. The average molecular weight is 382 g/mol. The third kappa shape index (κ3) is 3.98. The van der Waals surface area contributed by atoms with Gasteiger partial charge in [0.15, 0.2) is 11.4 Å². The van der Waals surface area contributed by atoms with Crippen molar-refractivity contribution in [3.63, 3.8) is 0 Å². The molecule has 1 aromatic rings. The number of ether oxygens (including phenoxy) is 2. The highest BCUT2D eigenvalue weighted by Crippen LogP contribution is 2.25. The van der Waals surface area contributed by atoms with Gasteiger partial charge in [0.25, 0.3) is 5.79 Å². The standard InChI is InChI=1S/C16H16BrNO5/c1-4-13(19)10-6-5-9(17)7-12(10)18-8-11-14(20)22-16(2,3)23-15(11)21/h5-8,18H,4H2,1-3H3. The molecule has 2 rings (SSSR count). The quantitative estimate of drug-likeness (QED) is 0.373. The van der Waals surface area contributed by atoms with Gasteiger partial charge in [-0.15, -0.1) is 0 Å². The number of carbonyl (C=O) groups excluding carboxylic acids is 3. The van der Waals surface area contributed by atoms with E-state index in [1.807, 2.05) is 0 Å². The van der Waals surface area contributed by atoms with Crippen molar-refractivity contribution in [2.45, 2.75) is 33.0 Å². The fraction of sp³-hybridized carbons (Fsp3) is 0.312. The molecule has 23 heavy (non-hydrogen) atoms. The minimum atomic E-state index is -1.29. The number of Topliss-reactive ketones (excluding diaryl/α,β-unsaturated/α-hetero) is 1. The van der Waals surface area contributed by atoms with Gasteiger partial charge in [-0.2, -0.15) is 0 Å². The van der Waals surface area contributed by atoms with Crippen molar-refractivity contribution in [3.8, 4) is 0 Å². The molecular formula is C16H16BrNO5. The Morgan fingerprint density at radius 2 is 1.87 bits per heavy atom. The van der Waals surface area contributed by atoms with Gasteiger partial charge in [0, 0.05) is 36.5 Å². The van der Waals surface area contributed by atoms with E-state index in [-0.39, 0.29) is 11.4 Å². The van der Waals surface area contributed by atoms with Crippen molar-refractivity contribution in [2.24, 2.45) is 0 Å². The summed E-state index contributed by atoms with van der Waals surface area (Å²) in [6, 6.07) is 5.09. The van der Waals surface area contributed by atoms with Crippen LogP contribution in [0.2, 0.25) is 0 Å². The van der Waals surface area contributed by atoms with E-state index in [1.54, 1.807) is 25.1 Å². The number of hydrogen-bond donors (Lipinski definition) is 1. The van der Waals surface area contributed by atoms with Crippen molar-refractivity contribution in [3.05, 3.63) is 40.0 Å². The summed E-state index contributed by atoms with van der Waals surface area (Å²) in [6.07, 6.45) is 1.53. The van der Waals surface area contributed by atoms with Crippen molar-refractivity contribution in [2.75, 3.05) is 5.32 Å². The van der Waals surface area contributed by atoms with E-state index in [2.05, 4.69) is 21.2 Å². The van der Waals surface area contributed by atoms with Gasteiger partial charge in [0.2, 0.25) is 0 Å². The molecule has 0 bridgehead atoms. The molecule has 0 amide bonds. The van der Waals surface area contributed by atoms with Crippen LogP contribution < -0.4 is 5.32 Å². The maximum absolute atomic E-state index is 12.0. The minimum absolute atomic E-state index is 0.0617. The molecule has 122 valence electrons. The largest absolute Gasteiger partial charge is 0.419 e. The van der Waals surface area contributed by atoms with Crippen LogP contribution in [0.1, 0.15) is 37.6 Å². The normalized spacial score (nSPS) is 16.4. The monoisotopic (exact) mass is 381 g/mol. The second-order valence-electron chi connectivity index (χ2n) is 5.35. The zero-order chi connectivity index (χ0) is 17.2. The molecule has 7 heteroatoms. The van der Waals surface area contributed by atoms with Crippen LogP contribution in [0.4, 0.5) is 5.69 Å². The highest BCUT2D eigenvalue weighted by molar-refractivity contribution is 9.10. The van der Waals surface area contributed by atoms with E-state index in [1.165, 1.54) is 20.0 Å². The predicted molar refractivity (Wildman–Crippen MR) is 86.7 cm³/mol. The number of cyclic esters (lactones) is 2. The van der Waals surface area contributed by atoms with Gasteiger partial charge in [0.1, 0.15) is 0 Å². The lowest BCUT2D eigenvalue weighted by molar-refractivity contribution is -0.222. The number of carbonyl (C=O) groups is 3. The van der Waals surface area contributed by atoms with E-state index >= 15 is 0 Å². The summed E-state index contributed by atoms with van der Waals surface area (Å²) in [6.45, 7) is 4.70. The summed E-state index contributed by atoms with van der Waals surface area (Å²) in [5.74, 6) is -2.91. The summed E-state index contributed by atoms with van der Waals surface area (Å²) in [7, 11) is 0. The first-order chi connectivity index (χ1) is 10.7. The number of anilines is 1. The Morgan fingerprint density at radius 3 is 2.43 bits per heavy atom. The van der Waals surface area contributed by atoms with Crippen LogP contribution in [-0.4, -0.2) is 23.5 Å². The molecule has 1 N–H and O–H groups in total. The SMILES string of the molecule is CCC(=O)c1ccc(Br)cc1NC=C1C(=O)OC(C)(C)OC1=O. The first-order valence-corrected chi connectivity index (χ1v) is 7.79. The van der Waals surface area contributed by atoms with E-state index < -0.39 is 17.7 Å². The zero-order valence-corrected chi connectivity index (χ0v) is 14.5. The Balaban J connectivity index is 2.30. The molecule has 1 heterocycles. The van der Waals surface area contributed by atoms with Crippen molar-refractivity contribution in [1.82, 2.24) is 0 Å². The van der Waals surface area contributed by atoms with Crippen LogP contribution in [0, 0.1) is 0 Å². The molecule has 1 aliphatic rings. The average Bonchev–Trinajstić information content (AvgIpc) is 2.44. The molecule has 0 aliphatic carbocycles. The molecule has 6 nitrogen and oxygen atoms in total. The summed E-state index contributed by atoms with van der Waals surface area (Å²) in [4.78, 5) is 35.7. The van der Waals surface area contributed by atoms with Crippen LogP contribution in [0.3, 0.4) is 0 Å². The first kappa shape index (κ1) is 17.2. The van der Waals surface area contributed by atoms with Crippen molar-refractivity contribution in [1.29, 1.82) is 0 Å². The third-order valence-corrected chi connectivity index (χ3v) is 3.59. The Bertz CT molecular complexity index is 686. The fourth-order valence-corrected chi connectivity index (χ4v) is 2.36. The van der Waals surface area contributed by atoms with Gasteiger partial charge in [0.05, 0.1) is 5.69 Å². The Morgan fingerprint density at radius 1 is 1.26 bits per heavy atom. The molecule has 1 saturated heterocycles. The smallest absolute Gasteiger partial charge is 0.350 e. The van der Waals surface area contributed by atoms with Gasteiger partial charge >= 0.3 is 11.9 Å². The molecule has 0 spiro atoms. The zero-order valence-electron chi connectivity index (χ0n) is 12.9. The van der Waals surface area contributed by atoms with Crippen LogP contribution in [0.25, 0.3) is 0 Å². The lowest BCUT2D eigenvalue weighted by Gasteiger charge is -2.29. The predicted octanol–water partition coefficient (Wildman–Crippen LogP) is 3.17. The first-order valence-electron chi connectivity index (χ1n) is 6.99. The molecule has 0 aromatic heterocycles. The molecule has 1 aromatic carbocycles. The van der Waals surface area contributed by atoms with Crippen LogP contribution in [0.15, 0.2) is 34.4 Å². The number of ketones is 1. The minimum Gasteiger partial charge on any atom is -0.419 e. The highest BCUT2D eigenvalue weighted by atomic mass is 79.9. The van der Waals surface area contributed by atoms with Gasteiger partial charge in [-0.1, -0.05) is 22.9 Å². The van der Waals surface area contributed by atoms with Gasteiger partial charge in [-0.25, -0.2) is 9.59 Å². The maximum Gasteiger partial charge on any atom is 0.350 e. The van der Waals surface area contributed by atoms with Gasteiger partial charge < -0.3 is 14.8 Å². The number of halogens is 1. The Hall–Kier alpha value is -2.15. The summed E-state index contributed by atoms with van der Waals surface area (Å²) >= 11 is 3.32. The molecule has 1 fully saturated rings. The van der Waals surface area contributed by atoms with E-state index in [9.17, 15) is 14.4 Å². The van der Waals surface area contributed by atoms with Crippen LogP contribution in [-0.2, 0) is 19.1 Å². The number of hydrogen-bond acceptors (Lipinski definition) is 6. The van der Waals surface area contributed by atoms with Crippen molar-refractivity contribution < 1.29 is 23.9 Å². The Labute approximate surface area is 142 Å². The maximum atomic E-state index is 12.0. The number of nitrogens with one attached hydrogen (secondary N) is 1. The van der Waals surface area contributed by atoms with Crippen molar-refractivity contribution >= 4 is 39.3 Å². The second-order valence-corrected chi connectivity index (χ2v) is 6.26. The molecule has 0 atom stereocenters. The number of rotatable bonds is 4.